The van der Waals surface area contributed by atoms with Crippen LogP contribution in [-0.2, 0) is 11.2 Å². The Hall–Kier alpha value is -2.66. The summed E-state index contributed by atoms with van der Waals surface area (Å²) in [4.78, 5) is 20.3. The molecule has 1 fully saturated rings. The number of benzene rings is 1. The van der Waals surface area contributed by atoms with E-state index < -0.39 is 0 Å². The number of nitrogens with zero attached hydrogens (tertiary/aromatic N) is 1. The lowest BCUT2D eigenvalue weighted by Gasteiger charge is -2.37. The number of nitrogens with one attached hydrogen (secondary N) is 2. The number of hydrogen-bond acceptors (Lipinski definition) is 3. The lowest BCUT2D eigenvalue weighted by atomic mass is 9.76. The van der Waals surface area contributed by atoms with Crippen molar-refractivity contribution in [3.8, 4) is 0 Å². The molecule has 1 aromatic carbocycles. The van der Waals surface area contributed by atoms with E-state index in [0.29, 0.717) is 19.3 Å². The fraction of sp³-hybridized carbons (Fsp3) is 0.300. The van der Waals surface area contributed by atoms with Crippen molar-refractivity contribution >= 4 is 16.8 Å². The molecule has 2 aromatic heterocycles. The summed E-state index contributed by atoms with van der Waals surface area (Å²) in [7, 11) is 0. The number of carbonyl (C=O) groups is 1. The number of carbonyl (C=O) groups excluding carboxylic acids is 1. The van der Waals surface area contributed by atoms with Crippen molar-refractivity contribution < 1.29 is 9.90 Å². The van der Waals surface area contributed by atoms with Crippen LogP contribution in [0.1, 0.15) is 30.1 Å². The molecule has 128 valence electrons. The molecule has 0 radical (unpaired) electrons. The number of para-hydroxylation sites is 1. The average molecular weight is 335 g/mol. The minimum Gasteiger partial charge on any atom is -0.393 e. The van der Waals surface area contributed by atoms with Gasteiger partial charge in [0.2, 0.25) is 5.91 Å². The second-order valence-corrected chi connectivity index (χ2v) is 6.72. The molecule has 1 amide bonds. The van der Waals surface area contributed by atoms with Crippen molar-refractivity contribution in [2.45, 2.75) is 31.4 Å². The molecule has 1 aliphatic rings. The highest BCUT2D eigenvalue weighted by Gasteiger charge is 2.36. The zero-order valence-electron chi connectivity index (χ0n) is 13.9. The van der Waals surface area contributed by atoms with Crippen molar-refractivity contribution in [2.24, 2.45) is 5.92 Å². The van der Waals surface area contributed by atoms with Crippen LogP contribution < -0.4 is 5.32 Å². The highest BCUT2D eigenvalue weighted by Crippen LogP contribution is 2.37. The highest BCUT2D eigenvalue weighted by molar-refractivity contribution is 5.89. The van der Waals surface area contributed by atoms with E-state index >= 15 is 0 Å². The molecule has 1 atom stereocenters. The summed E-state index contributed by atoms with van der Waals surface area (Å²) in [5.41, 5.74) is 2.88. The van der Waals surface area contributed by atoms with E-state index in [0.717, 1.165) is 22.2 Å². The summed E-state index contributed by atoms with van der Waals surface area (Å²) in [6.45, 7) is 0. The Kier molecular flexibility index (Phi) is 4.24. The second kappa shape index (κ2) is 6.69. The summed E-state index contributed by atoms with van der Waals surface area (Å²) in [5, 5.41) is 13.8. The predicted molar refractivity (Wildman–Crippen MR) is 95.9 cm³/mol. The Labute approximate surface area is 146 Å². The van der Waals surface area contributed by atoms with Gasteiger partial charge >= 0.3 is 0 Å². The number of pyridine rings is 1. The molecule has 3 aromatic rings. The number of H-pyrrole nitrogens is 1. The van der Waals surface area contributed by atoms with E-state index in [1.807, 2.05) is 48.7 Å². The summed E-state index contributed by atoms with van der Waals surface area (Å²) < 4.78 is 0. The van der Waals surface area contributed by atoms with Crippen molar-refractivity contribution in [2.75, 3.05) is 0 Å². The summed E-state index contributed by atoms with van der Waals surface area (Å²) in [6.07, 6.45) is 5.10. The molecular formula is C20H21N3O2. The number of aliphatic hydroxyl groups is 1. The van der Waals surface area contributed by atoms with E-state index in [1.54, 1.807) is 6.20 Å². The van der Waals surface area contributed by atoms with Crippen LogP contribution in [0.3, 0.4) is 0 Å². The first-order chi connectivity index (χ1) is 12.2. The summed E-state index contributed by atoms with van der Waals surface area (Å²) >= 11 is 0. The summed E-state index contributed by atoms with van der Waals surface area (Å²) in [6, 6.07) is 13.5. The molecule has 1 aliphatic carbocycles. The molecule has 5 nitrogen and oxygen atoms in total. The predicted octanol–water partition coefficient (Wildman–Crippen LogP) is 2.73. The first-order valence-electron chi connectivity index (χ1n) is 8.64. The Balaban J connectivity index is 1.50. The van der Waals surface area contributed by atoms with Gasteiger partial charge in [-0.05, 0) is 42.5 Å². The third kappa shape index (κ3) is 3.28. The number of fused-ring (bicyclic) bond motifs is 1. The molecule has 25 heavy (non-hydrogen) atoms. The minimum atomic E-state index is -0.262. The van der Waals surface area contributed by atoms with E-state index in [-0.39, 0.29) is 24.0 Å². The maximum atomic E-state index is 12.6. The zero-order valence-corrected chi connectivity index (χ0v) is 13.9. The van der Waals surface area contributed by atoms with E-state index in [4.69, 9.17) is 0 Å². The van der Waals surface area contributed by atoms with Crippen molar-refractivity contribution in [1.29, 1.82) is 0 Å². The van der Waals surface area contributed by atoms with Gasteiger partial charge < -0.3 is 15.4 Å². The minimum absolute atomic E-state index is 0.0261. The van der Waals surface area contributed by atoms with Crippen LogP contribution in [0.5, 0.6) is 0 Å². The normalized spacial score (nSPS) is 20.8. The molecule has 1 saturated carbocycles. The quantitative estimate of drug-likeness (QED) is 0.671. The molecule has 5 heteroatoms. The molecule has 2 heterocycles. The Morgan fingerprint density at radius 2 is 2.04 bits per heavy atom. The van der Waals surface area contributed by atoms with Gasteiger partial charge in [-0.15, -0.1) is 0 Å². The van der Waals surface area contributed by atoms with Crippen molar-refractivity contribution in [1.82, 2.24) is 15.3 Å². The molecule has 3 N–H and O–H groups in total. The topological polar surface area (TPSA) is 78.0 Å². The first-order valence-corrected chi connectivity index (χ1v) is 8.64. The van der Waals surface area contributed by atoms with Gasteiger partial charge in [0.1, 0.15) is 0 Å². The van der Waals surface area contributed by atoms with Crippen LogP contribution in [0.15, 0.2) is 54.9 Å². The monoisotopic (exact) mass is 335 g/mol. The summed E-state index contributed by atoms with van der Waals surface area (Å²) in [5.74, 6) is 0.207. The fourth-order valence-corrected chi connectivity index (χ4v) is 3.57. The van der Waals surface area contributed by atoms with Crippen molar-refractivity contribution in [3.63, 3.8) is 0 Å². The number of aromatic amines is 1. The van der Waals surface area contributed by atoms with Gasteiger partial charge in [-0.1, -0.05) is 24.3 Å². The van der Waals surface area contributed by atoms with Gasteiger partial charge in [0.25, 0.3) is 0 Å². The second-order valence-electron chi connectivity index (χ2n) is 6.72. The lowest BCUT2D eigenvalue weighted by Crippen LogP contribution is -2.42. The van der Waals surface area contributed by atoms with Crippen molar-refractivity contribution in [3.05, 3.63) is 66.1 Å². The number of aliphatic hydroxyl groups excluding tert-OH is 1. The van der Waals surface area contributed by atoms with Gasteiger partial charge in [0.15, 0.2) is 0 Å². The van der Waals surface area contributed by atoms with Gasteiger partial charge in [0, 0.05) is 23.3 Å². The molecule has 0 unspecified atom stereocenters. The molecular weight excluding hydrogens is 314 g/mol. The number of amides is 1. The SMILES string of the molecule is O=C(Cc1c[nH]c2ccccc12)N[C@@H](c1ccccn1)C1CC(O)C1. The third-order valence-corrected chi connectivity index (χ3v) is 4.97. The Morgan fingerprint density at radius 3 is 2.80 bits per heavy atom. The molecule has 0 aliphatic heterocycles. The van der Waals surface area contributed by atoms with Crippen LogP contribution in [0.25, 0.3) is 10.9 Å². The molecule has 4 rings (SSSR count). The van der Waals surface area contributed by atoms with Gasteiger partial charge in [0.05, 0.1) is 24.3 Å². The lowest BCUT2D eigenvalue weighted by molar-refractivity contribution is -0.122. The number of hydrogen-bond donors (Lipinski definition) is 3. The average Bonchev–Trinajstić information content (AvgIpc) is 3.01. The maximum Gasteiger partial charge on any atom is 0.225 e. The fourth-order valence-electron chi connectivity index (χ4n) is 3.57. The zero-order chi connectivity index (χ0) is 17.2. The largest absolute Gasteiger partial charge is 0.393 e. The number of aromatic nitrogens is 2. The molecule has 0 saturated heterocycles. The van der Waals surface area contributed by atoms with E-state index in [9.17, 15) is 9.90 Å². The van der Waals surface area contributed by atoms with Crippen LogP contribution in [-0.4, -0.2) is 27.1 Å². The standard InChI is InChI=1S/C20H21N3O2/c24-15-9-13(10-15)20(18-7-3-4-8-21-18)23-19(25)11-14-12-22-17-6-2-1-5-16(14)17/h1-8,12-13,15,20,22,24H,9-11H2,(H,23,25)/t13?,15?,20-/m1/s1. The van der Waals surface area contributed by atoms with Gasteiger partial charge in [-0.25, -0.2) is 0 Å². The first kappa shape index (κ1) is 15.8. The Morgan fingerprint density at radius 1 is 1.24 bits per heavy atom. The van der Waals surface area contributed by atoms with Crippen LogP contribution in [0, 0.1) is 5.92 Å². The molecule has 0 bridgehead atoms. The maximum absolute atomic E-state index is 12.6. The smallest absolute Gasteiger partial charge is 0.225 e. The third-order valence-electron chi connectivity index (χ3n) is 4.97. The Bertz CT molecular complexity index is 869. The van der Waals surface area contributed by atoms with Crippen LogP contribution >= 0.6 is 0 Å². The molecule has 0 spiro atoms. The van der Waals surface area contributed by atoms with E-state index in [2.05, 4.69) is 15.3 Å². The van der Waals surface area contributed by atoms with Crippen LogP contribution in [0.4, 0.5) is 0 Å². The highest BCUT2D eigenvalue weighted by atomic mass is 16.3. The van der Waals surface area contributed by atoms with E-state index in [1.165, 1.54) is 0 Å². The number of rotatable bonds is 5. The van der Waals surface area contributed by atoms with Crippen LogP contribution in [0.2, 0.25) is 0 Å². The van der Waals surface area contributed by atoms with Gasteiger partial charge in [-0.2, -0.15) is 0 Å². The van der Waals surface area contributed by atoms with Gasteiger partial charge in [-0.3, -0.25) is 9.78 Å².